The highest BCUT2D eigenvalue weighted by molar-refractivity contribution is 5.27. The van der Waals surface area contributed by atoms with E-state index < -0.39 is 5.54 Å². The molecule has 3 nitrogen and oxygen atoms in total. The number of nitrogens with one attached hydrogen (secondary N) is 1. The Balaban J connectivity index is 2.00. The third-order valence-electron chi connectivity index (χ3n) is 3.65. The molecule has 2 rings (SSSR count). The lowest BCUT2D eigenvalue weighted by Crippen LogP contribution is -2.51. The Labute approximate surface area is 115 Å². The molecule has 1 unspecified atom stereocenters. The van der Waals surface area contributed by atoms with Gasteiger partial charge in [0.2, 0.25) is 0 Å². The molecule has 1 aliphatic rings. The SMILES string of the molecule is CCCNC(C#N)(COc1ccc(C)cc1)C1CC1. The van der Waals surface area contributed by atoms with Crippen molar-refractivity contribution in [3.05, 3.63) is 29.8 Å². The van der Waals surface area contributed by atoms with Crippen LogP contribution in [0.2, 0.25) is 0 Å². The summed E-state index contributed by atoms with van der Waals surface area (Å²) in [5.74, 6) is 1.28. The summed E-state index contributed by atoms with van der Waals surface area (Å²) in [5, 5.41) is 12.9. The molecule has 0 heterocycles. The zero-order valence-corrected chi connectivity index (χ0v) is 11.8. The molecule has 0 radical (unpaired) electrons. The van der Waals surface area contributed by atoms with Gasteiger partial charge in [-0.2, -0.15) is 5.26 Å². The lowest BCUT2D eigenvalue weighted by molar-refractivity contribution is 0.202. The molecule has 0 bridgehead atoms. The molecule has 102 valence electrons. The van der Waals surface area contributed by atoms with E-state index in [2.05, 4.69) is 25.2 Å². The minimum Gasteiger partial charge on any atom is -0.491 e. The average molecular weight is 258 g/mol. The van der Waals surface area contributed by atoms with Crippen molar-refractivity contribution in [1.82, 2.24) is 5.32 Å². The number of hydrogen-bond donors (Lipinski definition) is 1. The fourth-order valence-electron chi connectivity index (χ4n) is 2.23. The Bertz CT molecular complexity index is 445. The molecule has 1 aromatic rings. The summed E-state index contributed by atoms with van der Waals surface area (Å²) in [4.78, 5) is 0. The van der Waals surface area contributed by atoms with E-state index in [1.165, 1.54) is 5.56 Å². The quantitative estimate of drug-likeness (QED) is 0.817. The molecular weight excluding hydrogens is 236 g/mol. The van der Waals surface area contributed by atoms with Gasteiger partial charge in [-0.1, -0.05) is 24.6 Å². The minimum absolute atomic E-state index is 0.428. The summed E-state index contributed by atoms with van der Waals surface area (Å²) in [6.07, 6.45) is 3.28. The van der Waals surface area contributed by atoms with E-state index in [4.69, 9.17) is 4.74 Å². The Hall–Kier alpha value is -1.53. The summed E-state index contributed by atoms with van der Waals surface area (Å²) in [5.41, 5.74) is 0.700. The molecule has 1 aliphatic carbocycles. The predicted octanol–water partition coefficient (Wildman–Crippen LogP) is 3.05. The fraction of sp³-hybridized carbons (Fsp3) is 0.562. The van der Waals surface area contributed by atoms with Crippen molar-refractivity contribution in [2.24, 2.45) is 5.92 Å². The molecule has 1 N–H and O–H groups in total. The summed E-state index contributed by atoms with van der Waals surface area (Å²) < 4.78 is 5.83. The van der Waals surface area contributed by atoms with Crippen LogP contribution in [0, 0.1) is 24.2 Å². The minimum atomic E-state index is -0.513. The molecule has 0 amide bonds. The second-order valence-corrected chi connectivity index (χ2v) is 5.39. The van der Waals surface area contributed by atoms with Crippen molar-refractivity contribution in [3.63, 3.8) is 0 Å². The highest BCUT2D eigenvalue weighted by Gasteiger charge is 2.46. The number of benzene rings is 1. The summed E-state index contributed by atoms with van der Waals surface area (Å²) in [7, 11) is 0. The predicted molar refractivity (Wildman–Crippen MR) is 76.0 cm³/mol. The Morgan fingerprint density at radius 1 is 1.37 bits per heavy atom. The van der Waals surface area contributed by atoms with Crippen LogP contribution in [0.4, 0.5) is 0 Å². The largest absolute Gasteiger partial charge is 0.491 e. The Morgan fingerprint density at radius 3 is 2.58 bits per heavy atom. The molecule has 1 fully saturated rings. The second kappa shape index (κ2) is 6.08. The third kappa shape index (κ3) is 3.48. The van der Waals surface area contributed by atoms with Gasteiger partial charge >= 0.3 is 0 Å². The topological polar surface area (TPSA) is 45.0 Å². The number of nitriles is 1. The van der Waals surface area contributed by atoms with E-state index in [0.29, 0.717) is 12.5 Å². The van der Waals surface area contributed by atoms with Gasteiger partial charge in [-0.15, -0.1) is 0 Å². The van der Waals surface area contributed by atoms with E-state index in [-0.39, 0.29) is 0 Å². The van der Waals surface area contributed by atoms with Gasteiger partial charge in [-0.05, 0) is 50.8 Å². The maximum atomic E-state index is 9.54. The molecule has 0 aliphatic heterocycles. The van der Waals surface area contributed by atoms with Crippen molar-refractivity contribution in [1.29, 1.82) is 5.26 Å². The maximum absolute atomic E-state index is 9.54. The van der Waals surface area contributed by atoms with Gasteiger partial charge in [-0.25, -0.2) is 0 Å². The number of aryl methyl sites for hydroxylation is 1. The van der Waals surface area contributed by atoms with E-state index in [0.717, 1.165) is 31.6 Å². The van der Waals surface area contributed by atoms with Crippen LogP contribution in [0.15, 0.2) is 24.3 Å². The van der Waals surface area contributed by atoms with Gasteiger partial charge in [-0.3, -0.25) is 5.32 Å². The maximum Gasteiger partial charge on any atom is 0.143 e. The lowest BCUT2D eigenvalue weighted by atomic mass is 9.96. The van der Waals surface area contributed by atoms with Crippen molar-refractivity contribution in [2.45, 2.75) is 38.6 Å². The van der Waals surface area contributed by atoms with Crippen molar-refractivity contribution in [3.8, 4) is 11.8 Å². The van der Waals surface area contributed by atoms with Gasteiger partial charge in [0.05, 0.1) is 6.07 Å². The van der Waals surface area contributed by atoms with E-state index in [1.54, 1.807) is 0 Å². The monoisotopic (exact) mass is 258 g/mol. The summed E-state index contributed by atoms with van der Waals surface area (Å²) >= 11 is 0. The van der Waals surface area contributed by atoms with Crippen LogP contribution in [-0.2, 0) is 0 Å². The van der Waals surface area contributed by atoms with Gasteiger partial charge < -0.3 is 4.74 Å². The van der Waals surface area contributed by atoms with Gasteiger partial charge in [0.15, 0.2) is 0 Å². The molecule has 1 atom stereocenters. The van der Waals surface area contributed by atoms with Gasteiger partial charge in [0.25, 0.3) is 0 Å². The van der Waals surface area contributed by atoms with Crippen LogP contribution < -0.4 is 10.1 Å². The first-order valence-corrected chi connectivity index (χ1v) is 7.06. The first-order valence-electron chi connectivity index (χ1n) is 7.06. The number of nitrogens with zero attached hydrogens (tertiary/aromatic N) is 1. The molecule has 19 heavy (non-hydrogen) atoms. The van der Waals surface area contributed by atoms with Gasteiger partial charge in [0.1, 0.15) is 17.9 Å². The zero-order valence-electron chi connectivity index (χ0n) is 11.8. The number of rotatable bonds is 7. The number of ether oxygens (including phenoxy) is 1. The molecular formula is C16H22N2O. The standard InChI is InChI=1S/C16H22N2O/c1-3-10-18-16(11-17,14-6-7-14)12-19-15-8-4-13(2)5-9-15/h4-5,8-9,14,18H,3,6-7,10,12H2,1-2H3. The number of hydrogen-bond acceptors (Lipinski definition) is 3. The van der Waals surface area contributed by atoms with Crippen molar-refractivity contribution >= 4 is 0 Å². The zero-order chi connectivity index (χ0) is 13.7. The molecule has 0 saturated heterocycles. The smallest absolute Gasteiger partial charge is 0.143 e. The van der Waals surface area contributed by atoms with Crippen LogP contribution in [0.1, 0.15) is 31.7 Å². The molecule has 0 aromatic heterocycles. The van der Waals surface area contributed by atoms with Crippen molar-refractivity contribution in [2.75, 3.05) is 13.2 Å². The molecule has 3 heteroatoms. The molecule has 1 saturated carbocycles. The molecule has 1 aromatic carbocycles. The first-order chi connectivity index (χ1) is 9.20. The van der Waals surface area contributed by atoms with Crippen LogP contribution >= 0.6 is 0 Å². The van der Waals surface area contributed by atoms with E-state index in [9.17, 15) is 5.26 Å². The third-order valence-corrected chi connectivity index (χ3v) is 3.65. The normalized spacial score (nSPS) is 17.5. The lowest BCUT2D eigenvalue weighted by Gasteiger charge is -2.28. The van der Waals surface area contributed by atoms with Gasteiger partial charge in [0, 0.05) is 0 Å². The van der Waals surface area contributed by atoms with Crippen molar-refractivity contribution < 1.29 is 4.74 Å². The van der Waals surface area contributed by atoms with E-state index >= 15 is 0 Å². The molecule has 0 spiro atoms. The summed E-state index contributed by atoms with van der Waals surface area (Å²) in [6, 6.07) is 10.4. The van der Waals surface area contributed by atoms with E-state index in [1.807, 2.05) is 24.3 Å². The Morgan fingerprint density at radius 2 is 2.05 bits per heavy atom. The average Bonchev–Trinajstić information content (AvgIpc) is 3.26. The second-order valence-electron chi connectivity index (χ2n) is 5.39. The highest BCUT2D eigenvalue weighted by Crippen LogP contribution is 2.39. The van der Waals surface area contributed by atoms with Crippen LogP contribution in [0.3, 0.4) is 0 Å². The fourth-order valence-corrected chi connectivity index (χ4v) is 2.23. The first kappa shape index (κ1) is 13.9. The Kier molecular flexibility index (Phi) is 4.44. The highest BCUT2D eigenvalue weighted by atomic mass is 16.5. The van der Waals surface area contributed by atoms with Crippen LogP contribution in [-0.4, -0.2) is 18.7 Å². The van der Waals surface area contributed by atoms with Crippen LogP contribution in [0.25, 0.3) is 0 Å². The van der Waals surface area contributed by atoms with Crippen LogP contribution in [0.5, 0.6) is 5.75 Å². The summed E-state index contributed by atoms with van der Waals surface area (Å²) in [6.45, 7) is 5.46.